The normalized spacial score (nSPS) is 10.7. The summed E-state index contributed by atoms with van der Waals surface area (Å²) in [4.78, 5) is 21.2. The number of fused-ring (bicyclic) bond motifs is 1. The number of amides is 1. The summed E-state index contributed by atoms with van der Waals surface area (Å²) in [6.45, 7) is 5.75. The number of nitrogens with two attached hydrogens (primary N) is 1. The first-order valence-corrected chi connectivity index (χ1v) is 9.06. The number of hydrogen-bond acceptors (Lipinski definition) is 5. The Morgan fingerprint density at radius 2 is 2.07 bits per heavy atom. The van der Waals surface area contributed by atoms with Gasteiger partial charge in [0.05, 0.1) is 17.2 Å². The van der Waals surface area contributed by atoms with Gasteiger partial charge in [0.15, 0.2) is 0 Å². The molecule has 0 saturated heterocycles. The van der Waals surface area contributed by atoms with Gasteiger partial charge in [0, 0.05) is 29.1 Å². The predicted octanol–water partition coefficient (Wildman–Crippen LogP) is 3.80. The molecule has 2 aromatic carbocycles. The third kappa shape index (κ3) is 4.04. The molecule has 142 valence electrons. The molecule has 0 saturated carbocycles. The zero-order valence-electron chi connectivity index (χ0n) is 16.1. The van der Waals surface area contributed by atoms with Crippen molar-refractivity contribution in [1.82, 2.24) is 9.97 Å². The van der Waals surface area contributed by atoms with Crippen LogP contribution in [0, 0.1) is 12.3 Å². The molecule has 0 radical (unpaired) electrons. The lowest BCUT2D eigenvalue weighted by molar-refractivity contribution is 0.0995. The first-order valence-electron chi connectivity index (χ1n) is 9.06. The van der Waals surface area contributed by atoms with E-state index in [1.54, 1.807) is 12.1 Å². The molecule has 28 heavy (non-hydrogen) atoms. The highest BCUT2D eigenvalue weighted by Gasteiger charge is 2.17. The van der Waals surface area contributed by atoms with Crippen molar-refractivity contribution in [1.29, 1.82) is 0 Å². The molecule has 0 fully saturated rings. The number of aromatic nitrogens is 2. The van der Waals surface area contributed by atoms with E-state index in [9.17, 15) is 4.79 Å². The summed E-state index contributed by atoms with van der Waals surface area (Å²) in [5, 5.41) is 3.96. The monoisotopic (exact) mass is 374 g/mol. The van der Waals surface area contributed by atoms with E-state index in [2.05, 4.69) is 21.2 Å². The molecule has 3 rings (SSSR count). The van der Waals surface area contributed by atoms with Crippen LogP contribution in [0.25, 0.3) is 10.9 Å². The number of terminal acetylenes is 1. The molecule has 0 aliphatic carbocycles. The zero-order valence-corrected chi connectivity index (χ0v) is 16.1. The van der Waals surface area contributed by atoms with Crippen LogP contribution in [0.4, 0.5) is 11.5 Å². The predicted molar refractivity (Wildman–Crippen MR) is 111 cm³/mol. The van der Waals surface area contributed by atoms with Crippen molar-refractivity contribution in [3.8, 4) is 18.1 Å². The Bertz CT molecular complexity index is 1080. The van der Waals surface area contributed by atoms with E-state index < -0.39 is 5.91 Å². The van der Waals surface area contributed by atoms with Crippen LogP contribution in [0.5, 0.6) is 5.75 Å². The van der Waals surface area contributed by atoms with Gasteiger partial charge in [-0.2, -0.15) is 0 Å². The number of primary amides is 1. The molecule has 1 heterocycles. The lowest BCUT2D eigenvalue weighted by Gasteiger charge is -2.16. The van der Waals surface area contributed by atoms with Crippen molar-refractivity contribution >= 4 is 28.3 Å². The van der Waals surface area contributed by atoms with Gasteiger partial charge in [-0.25, -0.2) is 9.97 Å². The molecule has 6 nitrogen and oxygen atoms in total. The summed E-state index contributed by atoms with van der Waals surface area (Å²) >= 11 is 0. The maximum atomic E-state index is 12.0. The molecule has 0 spiro atoms. The number of nitrogens with zero attached hydrogens (tertiary/aromatic N) is 2. The Morgan fingerprint density at radius 1 is 1.29 bits per heavy atom. The molecule has 1 aromatic heterocycles. The third-order valence-electron chi connectivity index (χ3n) is 4.08. The summed E-state index contributed by atoms with van der Waals surface area (Å²) in [7, 11) is 0. The van der Waals surface area contributed by atoms with E-state index in [0.717, 1.165) is 11.3 Å². The van der Waals surface area contributed by atoms with Crippen molar-refractivity contribution in [3.63, 3.8) is 0 Å². The van der Waals surface area contributed by atoms with Gasteiger partial charge >= 0.3 is 0 Å². The van der Waals surface area contributed by atoms with Crippen LogP contribution in [-0.4, -0.2) is 22.0 Å². The van der Waals surface area contributed by atoms with E-state index in [4.69, 9.17) is 16.9 Å². The minimum Gasteiger partial charge on any atom is -0.490 e. The molecule has 1 amide bonds. The summed E-state index contributed by atoms with van der Waals surface area (Å²) in [5.41, 5.74) is 8.08. The van der Waals surface area contributed by atoms with E-state index in [1.807, 2.05) is 45.0 Å². The van der Waals surface area contributed by atoms with Crippen molar-refractivity contribution < 1.29 is 9.53 Å². The lowest BCUT2D eigenvalue weighted by atomic mass is 10.1. The van der Waals surface area contributed by atoms with Crippen LogP contribution in [0.1, 0.15) is 42.5 Å². The molecule has 0 bridgehead atoms. The highest BCUT2D eigenvalue weighted by molar-refractivity contribution is 6.02. The molecule has 6 heteroatoms. The van der Waals surface area contributed by atoms with E-state index in [1.165, 1.54) is 0 Å². The topological polar surface area (TPSA) is 90.1 Å². The molecule has 0 aliphatic rings. The van der Waals surface area contributed by atoms with Gasteiger partial charge in [0.1, 0.15) is 17.4 Å². The number of carbonyl (C=O) groups excluding carboxylic acids is 1. The van der Waals surface area contributed by atoms with E-state index in [-0.39, 0.29) is 11.7 Å². The van der Waals surface area contributed by atoms with Gasteiger partial charge in [0.25, 0.3) is 5.91 Å². The van der Waals surface area contributed by atoms with Gasteiger partial charge in [-0.05, 0) is 38.1 Å². The molecular weight excluding hydrogens is 352 g/mol. The second-order valence-electron chi connectivity index (χ2n) is 6.59. The Labute approximate surface area is 164 Å². The minimum absolute atomic E-state index is 0.105. The van der Waals surface area contributed by atoms with Crippen molar-refractivity contribution in [2.24, 2.45) is 5.73 Å². The molecule has 3 aromatic rings. The van der Waals surface area contributed by atoms with Gasteiger partial charge in [-0.15, -0.1) is 6.42 Å². The number of benzene rings is 2. The second-order valence-corrected chi connectivity index (χ2v) is 6.59. The number of aryl methyl sites for hydroxylation is 1. The first-order chi connectivity index (χ1) is 13.4. The molecule has 0 unspecified atom stereocenters. The summed E-state index contributed by atoms with van der Waals surface area (Å²) in [5.74, 6) is 3.70. The second kappa shape index (κ2) is 7.97. The number of nitrogens with one attached hydrogen (secondary N) is 1. The summed E-state index contributed by atoms with van der Waals surface area (Å²) in [6, 6.07) is 10.9. The Hall–Kier alpha value is -3.59. The molecule has 0 aliphatic heterocycles. The highest BCUT2D eigenvalue weighted by Crippen LogP contribution is 2.31. The quantitative estimate of drug-likeness (QED) is 0.641. The largest absolute Gasteiger partial charge is 0.490 e. The van der Waals surface area contributed by atoms with Crippen molar-refractivity contribution in [2.75, 3.05) is 5.32 Å². The van der Waals surface area contributed by atoms with Crippen LogP contribution in [0.15, 0.2) is 36.4 Å². The van der Waals surface area contributed by atoms with Crippen molar-refractivity contribution in [2.45, 2.75) is 33.3 Å². The fourth-order valence-corrected chi connectivity index (χ4v) is 2.83. The first kappa shape index (κ1) is 19.2. The number of anilines is 2. The van der Waals surface area contributed by atoms with Crippen LogP contribution in [0.2, 0.25) is 0 Å². The number of ether oxygens (including phenoxy) is 1. The zero-order chi connectivity index (χ0) is 20.3. The van der Waals surface area contributed by atoms with Crippen LogP contribution in [-0.2, 0) is 6.42 Å². The fraction of sp³-hybridized carbons (Fsp3) is 0.227. The van der Waals surface area contributed by atoms with E-state index in [0.29, 0.717) is 34.7 Å². The number of rotatable bonds is 6. The Kier molecular flexibility index (Phi) is 5.46. The average Bonchev–Trinajstić information content (AvgIpc) is 2.66. The van der Waals surface area contributed by atoms with Gasteiger partial charge in [-0.1, -0.05) is 18.9 Å². The summed E-state index contributed by atoms with van der Waals surface area (Å²) in [6.07, 6.45) is 6.04. The SMILES string of the molecule is C#Cc1cccc(Nc2nc(CC)nc3cc(OC(C)C)c(C(N)=O)cc23)c1. The highest BCUT2D eigenvalue weighted by atomic mass is 16.5. The molecular formula is C22H22N4O2. The van der Waals surface area contributed by atoms with Gasteiger partial charge < -0.3 is 15.8 Å². The fourth-order valence-electron chi connectivity index (χ4n) is 2.83. The van der Waals surface area contributed by atoms with E-state index >= 15 is 0 Å². The maximum Gasteiger partial charge on any atom is 0.252 e. The standard InChI is InChI=1S/C22H22N4O2/c1-5-14-8-7-9-15(10-14)24-22-16-11-17(21(23)27)19(28-13(3)4)12-18(16)25-20(6-2)26-22/h1,7-13H,6H2,2-4H3,(H2,23,27)(H,24,25,26). The van der Waals surface area contributed by atoms with Gasteiger partial charge in [0.2, 0.25) is 0 Å². The minimum atomic E-state index is -0.572. The summed E-state index contributed by atoms with van der Waals surface area (Å²) < 4.78 is 5.77. The Morgan fingerprint density at radius 3 is 2.71 bits per heavy atom. The van der Waals surface area contributed by atoms with Crippen LogP contribution in [0.3, 0.4) is 0 Å². The van der Waals surface area contributed by atoms with Gasteiger partial charge in [-0.3, -0.25) is 4.79 Å². The van der Waals surface area contributed by atoms with Crippen molar-refractivity contribution in [3.05, 3.63) is 53.3 Å². The lowest BCUT2D eigenvalue weighted by Crippen LogP contribution is -2.16. The third-order valence-corrected chi connectivity index (χ3v) is 4.08. The smallest absolute Gasteiger partial charge is 0.252 e. The number of hydrogen-bond donors (Lipinski definition) is 2. The molecule has 3 N–H and O–H groups in total. The molecule has 0 atom stereocenters. The average molecular weight is 374 g/mol. The maximum absolute atomic E-state index is 12.0. The number of carbonyl (C=O) groups is 1. The van der Waals surface area contributed by atoms with Crippen LogP contribution >= 0.6 is 0 Å². The Balaban J connectivity index is 2.19. The van der Waals surface area contributed by atoms with Crippen LogP contribution < -0.4 is 15.8 Å².